The van der Waals surface area contributed by atoms with E-state index in [2.05, 4.69) is 11.8 Å². The lowest BCUT2D eigenvalue weighted by atomic mass is 9.81. The molecule has 0 spiro atoms. The van der Waals surface area contributed by atoms with Gasteiger partial charge in [0.1, 0.15) is 23.9 Å². The van der Waals surface area contributed by atoms with Gasteiger partial charge in [-0.15, -0.1) is 0 Å². The Morgan fingerprint density at radius 2 is 2.04 bits per heavy atom. The summed E-state index contributed by atoms with van der Waals surface area (Å²) in [5.74, 6) is 5.29. The van der Waals surface area contributed by atoms with Gasteiger partial charge in [-0.25, -0.2) is 4.79 Å². The number of piperidine rings is 1. The van der Waals surface area contributed by atoms with E-state index in [4.69, 9.17) is 9.84 Å². The summed E-state index contributed by atoms with van der Waals surface area (Å²) < 4.78 is 5.51. The quantitative estimate of drug-likeness (QED) is 0.776. The summed E-state index contributed by atoms with van der Waals surface area (Å²) in [5.41, 5.74) is -1.25. The lowest BCUT2D eigenvalue weighted by molar-refractivity contribution is -0.0535. The molecule has 0 unspecified atom stereocenters. The Balaban J connectivity index is 2.43. The fourth-order valence-corrected chi connectivity index (χ4v) is 2.97. The standard InChI is InChI=1S/C19H25NO4/c1-18(2,3)24-17(22)20-13-7-11-19(23,12-8-14-21)16(20)15-9-5-4-6-10-15/h4-6,9-10,16,21,23H,7,11,13-14H2,1-3H3/t16-,19+/m0/s1. The summed E-state index contributed by atoms with van der Waals surface area (Å²) in [7, 11) is 0. The van der Waals surface area contributed by atoms with Gasteiger partial charge in [-0.05, 0) is 39.2 Å². The second-order valence-electron chi connectivity index (χ2n) is 6.97. The average Bonchev–Trinajstić information content (AvgIpc) is 2.52. The predicted octanol–water partition coefficient (Wildman–Crippen LogP) is 2.49. The minimum absolute atomic E-state index is 0.337. The lowest BCUT2D eigenvalue weighted by Gasteiger charge is -2.44. The first kappa shape index (κ1) is 18.3. The Morgan fingerprint density at radius 3 is 2.62 bits per heavy atom. The summed E-state index contributed by atoms with van der Waals surface area (Å²) in [6.07, 6.45) is 0.568. The highest BCUT2D eigenvalue weighted by atomic mass is 16.6. The van der Waals surface area contributed by atoms with Gasteiger partial charge >= 0.3 is 6.09 Å². The molecule has 1 aliphatic heterocycles. The highest BCUT2D eigenvalue weighted by Crippen LogP contribution is 2.39. The van der Waals surface area contributed by atoms with E-state index >= 15 is 0 Å². The van der Waals surface area contributed by atoms with Crippen LogP contribution in [-0.2, 0) is 4.74 Å². The van der Waals surface area contributed by atoms with Crippen molar-refractivity contribution in [1.29, 1.82) is 0 Å². The first-order valence-corrected chi connectivity index (χ1v) is 8.15. The Labute approximate surface area is 143 Å². The Kier molecular flexibility index (Phi) is 5.53. The summed E-state index contributed by atoms with van der Waals surface area (Å²) in [4.78, 5) is 14.2. The van der Waals surface area contributed by atoms with Gasteiger partial charge < -0.3 is 14.9 Å². The highest BCUT2D eigenvalue weighted by Gasteiger charge is 2.46. The van der Waals surface area contributed by atoms with Gasteiger partial charge in [-0.2, -0.15) is 0 Å². The summed E-state index contributed by atoms with van der Waals surface area (Å²) >= 11 is 0. The molecule has 0 saturated carbocycles. The summed E-state index contributed by atoms with van der Waals surface area (Å²) in [6, 6.07) is 8.68. The van der Waals surface area contributed by atoms with Crippen molar-refractivity contribution < 1.29 is 19.7 Å². The first-order valence-electron chi connectivity index (χ1n) is 8.15. The van der Waals surface area contributed by atoms with Crippen LogP contribution in [0.2, 0.25) is 0 Å². The third-order valence-electron chi connectivity index (χ3n) is 3.85. The van der Waals surface area contributed by atoms with Crippen molar-refractivity contribution in [2.75, 3.05) is 13.2 Å². The number of aliphatic hydroxyl groups is 2. The number of ether oxygens (including phenoxy) is 1. The Bertz CT molecular complexity index is 626. The second-order valence-corrected chi connectivity index (χ2v) is 6.97. The number of carbonyl (C=O) groups is 1. The number of amides is 1. The third kappa shape index (κ3) is 4.28. The fraction of sp³-hybridized carbons (Fsp3) is 0.526. The van der Waals surface area contributed by atoms with Gasteiger partial charge in [-0.1, -0.05) is 42.2 Å². The number of hydrogen-bond donors (Lipinski definition) is 2. The second kappa shape index (κ2) is 7.25. The molecule has 5 heteroatoms. The minimum atomic E-state index is -1.42. The molecule has 0 bridgehead atoms. The van der Waals surface area contributed by atoms with E-state index in [1.165, 1.54) is 4.90 Å². The third-order valence-corrected chi connectivity index (χ3v) is 3.85. The fourth-order valence-electron chi connectivity index (χ4n) is 2.97. The van der Waals surface area contributed by atoms with Gasteiger partial charge in [0, 0.05) is 6.54 Å². The van der Waals surface area contributed by atoms with Crippen LogP contribution in [0.25, 0.3) is 0 Å². The molecular formula is C19H25NO4. The number of hydrogen-bond acceptors (Lipinski definition) is 4. The van der Waals surface area contributed by atoms with Gasteiger partial charge in [0.05, 0.1) is 0 Å². The molecule has 1 amide bonds. The molecule has 1 saturated heterocycles. The van der Waals surface area contributed by atoms with Crippen LogP contribution in [0.15, 0.2) is 30.3 Å². The van der Waals surface area contributed by atoms with Gasteiger partial charge in [-0.3, -0.25) is 4.90 Å². The molecule has 1 aromatic carbocycles. The van der Waals surface area contributed by atoms with E-state index in [9.17, 15) is 9.90 Å². The van der Waals surface area contributed by atoms with Crippen LogP contribution in [0, 0.1) is 11.8 Å². The van der Waals surface area contributed by atoms with E-state index in [1.54, 1.807) is 0 Å². The Hall–Kier alpha value is -2.03. The van der Waals surface area contributed by atoms with Crippen molar-refractivity contribution in [1.82, 2.24) is 4.90 Å². The van der Waals surface area contributed by atoms with Gasteiger partial charge in [0.25, 0.3) is 0 Å². The maximum atomic E-state index is 12.7. The van der Waals surface area contributed by atoms with Crippen LogP contribution >= 0.6 is 0 Å². The number of carbonyl (C=O) groups excluding carboxylic acids is 1. The molecule has 1 aliphatic rings. The number of aliphatic hydroxyl groups excluding tert-OH is 1. The van der Waals surface area contributed by atoms with Crippen LogP contribution in [0.3, 0.4) is 0 Å². The lowest BCUT2D eigenvalue weighted by Crippen LogP contribution is -2.53. The molecule has 1 heterocycles. The molecule has 2 rings (SSSR count). The maximum absolute atomic E-state index is 12.7. The Morgan fingerprint density at radius 1 is 1.38 bits per heavy atom. The number of nitrogens with zero attached hydrogens (tertiary/aromatic N) is 1. The van der Waals surface area contributed by atoms with Crippen molar-refractivity contribution >= 4 is 6.09 Å². The minimum Gasteiger partial charge on any atom is -0.444 e. The van der Waals surface area contributed by atoms with Crippen LogP contribution in [0.4, 0.5) is 4.79 Å². The molecule has 5 nitrogen and oxygen atoms in total. The number of benzene rings is 1. The molecule has 24 heavy (non-hydrogen) atoms. The topological polar surface area (TPSA) is 70.0 Å². The zero-order valence-electron chi connectivity index (χ0n) is 14.5. The average molecular weight is 331 g/mol. The number of likely N-dealkylation sites (tertiary alicyclic amines) is 1. The van der Waals surface area contributed by atoms with E-state index in [0.29, 0.717) is 19.4 Å². The van der Waals surface area contributed by atoms with Crippen molar-refractivity contribution in [3.63, 3.8) is 0 Å². The highest BCUT2D eigenvalue weighted by molar-refractivity contribution is 5.69. The largest absolute Gasteiger partial charge is 0.444 e. The zero-order valence-corrected chi connectivity index (χ0v) is 14.5. The summed E-state index contributed by atoms with van der Waals surface area (Å²) in [6.45, 7) is 5.58. The van der Waals surface area contributed by atoms with E-state index in [1.807, 2.05) is 51.1 Å². The summed E-state index contributed by atoms with van der Waals surface area (Å²) in [5, 5.41) is 20.1. The normalized spacial score (nSPS) is 24.0. The van der Waals surface area contributed by atoms with Crippen LogP contribution < -0.4 is 0 Å². The molecule has 0 aliphatic carbocycles. The predicted molar refractivity (Wildman–Crippen MR) is 91.2 cm³/mol. The van der Waals surface area contributed by atoms with E-state index < -0.39 is 23.3 Å². The van der Waals surface area contributed by atoms with Crippen LogP contribution in [0.1, 0.15) is 45.2 Å². The molecule has 2 N–H and O–H groups in total. The molecule has 2 atom stereocenters. The zero-order chi connectivity index (χ0) is 17.8. The van der Waals surface area contributed by atoms with Crippen molar-refractivity contribution in [2.24, 2.45) is 0 Å². The molecule has 130 valence electrons. The molecule has 0 radical (unpaired) electrons. The van der Waals surface area contributed by atoms with Crippen molar-refractivity contribution in [3.05, 3.63) is 35.9 Å². The van der Waals surface area contributed by atoms with E-state index in [-0.39, 0.29) is 6.61 Å². The van der Waals surface area contributed by atoms with Crippen LogP contribution in [-0.4, -0.2) is 45.6 Å². The maximum Gasteiger partial charge on any atom is 0.410 e. The monoisotopic (exact) mass is 331 g/mol. The number of rotatable bonds is 1. The molecule has 0 aromatic heterocycles. The van der Waals surface area contributed by atoms with Crippen LogP contribution in [0.5, 0.6) is 0 Å². The van der Waals surface area contributed by atoms with Crippen molar-refractivity contribution in [2.45, 2.75) is 50.9 Å². The molecule has 1 aromatic rings. The van der Waals surface area contributed by atoms with Gasteiger partial charge in [0.2, 0.25) is 0 Å². The molecule has 1 fully saturated rings. The molecular weight excluding hydrogens is 306 g/mol. The first-order chi connectivity index (χ1) is 11.3. The van der Waals surface area contributed by atoms with Crippen molar-refractivity contribution in [3.8, 4) is 11.8 Å². The SMILES string of the molecule is CC(C)(C)OC(=O)N1CCC[C@@](O)(C#CCO)[C@@H]1c1ccccc1. The van der Waals surface area contributed by atoms with E-state index in [0.717, 1.165) is 5.56 Å². The van der Waals surface area contributed by atoms with Gasteiger partial charge in [0.15, 0.2) is 0 Å². The smallest absolute Gasteiger partial charge is 0.410 e.